The number of fused-ring (bicyclic) bond motifs is 1. The summed E-state index contributed by atoms with van der Waals surface area (Å²) in [5.41, 5.74) is 5.16. The lowest BCUT2D eigenvalue weighted by Crippen LogP contribution is -2.36. The zero-order valence-electron chi connectivity index (χ0n) is 16.1. The number of aromatic nitrogens is 1. The lowest BCUT2D eigenvalue weighted by atomic mass is 10.1. The molecule has 1 aliphatic rings. The van der Waals surface area contributed by atoms with Crippen LogP contribution in [0.2, 0.25) is 0 Å². The van der Waals surface area contributed by atoms with Gasteiger partial charge in [0.1, 0.15) is 5.82 Å². The van der Waals surface area contributed by atoms with Gasteiger partial charge < -0.3 is 15.2 Å². The Kier molecular flexibility index (Phi) is 6.06. The highest BCUT2D eigenvalue weighted by molar-refractivity contribution is 5.99. The van der Waals surface area contributed by atoms with Crippen LogP contribution in [-0.4, -0.2) is 29.6 Å². The number of hydrogen-bond acceptors (Lipinski definition) is 2. The number of aryl methyl sites for hydroxylation is 1. The number of halogens is 2. The SMILES string of the molecule is Cc1c(C)n(Cc2ccc(F)cc2)c2ccc(C(=O)NC3CCNC3)cc12.Cl. The van der Waals surface area contributed by atoms with Gasteiger partial charge in [0.15, 0.2) is 0 Å². The summed E-state index contributed by atoms with van der Waals surface area (Å²) in [6.07, 6.45) is 0.972. The van der Waals surface area contributed by atoms with Crippen LogP contribution in [0.4, 0.5) is 4.39 Å². The number of rotatable bonds is 4. The van der Waals surface area contributed by atoms with Crippen LogP contribution in [-0.2, 0) is 6.54 Å². The number of benzene rings is 2. The van der Waals surface area contributed by atoms with Gasteiger partial charge in [-0.3, -0.25) is 4.79 Å². The van der Waals surface area contributed by atoms with Crippen molar-refractivity contribution in [1.82, 2.24) is 15.2 Å². The van der Waals surface area contributed by atoms with E-state index in [-0.39, 0.29) is 30.2 Å². The molecule has 28 heavy (non-hydrogen) atoms. The van der Waals surface area contributed by atoms with Crippen LogP contribution in [0.1, 0.15) is 33.6 Å². The van der Waals surface area contributed by atoms with Gasteiger partial charge in [0.2, 0.25) is 0 Å². The first-order valence-electron chi connectivity index (χ1n) is 9.38. The number of nitrogens with zero attached hydrogens (tertiary/aromatic N) is 1. The minimum Gasteiger partial charge on any atom is -0.348 e. The Morgan fingerprint density at radius 1 is 1.21 bits per heavy atom. The summed E-state index contributed by atoms with van der Waals surface area (Å²) in [5, 5.41) is 7.46. The van der Waals surface area contributed by atoms with Crippen molar-refractivity contribution >= 4 is 29.2 Å². The molecule has 3 aromatic rings. The van der Waals surface area contributed by atoms with Gasteiger partial charge in [-0.1, -0.05) is 12.1 Å². The Morgan fingerprint density at radius 2 is 1.96 bits per heavy atom. The lowest BCUT2D eigenvalue weighted by Gasteiger charge is -2.12. The van der Waals surface area contributed by atoms with Crippen LogP contribution in [0, 0.1) is 19.7 Å². The molecule has 2 heterocycles. The van der Waals surface area contributed by atoms with Crippen molar-refractivity contribution in [3.63, 3.8) is 0 Å². The second-order valence-corrected chi connectivity index (χ2v) is 7.32. The molecule has 1 unspecified atom stereocenters. The molecule has 4 rings (SSSR count). The molecule has 6 heteroatoms. The van der Waals surface area contributed by atoms with E-state index in [2.05, 4.69) is 29.0 Å². The number of carbonyl (C=O) groups excluding carboxylic acids is 1. The van der Waals surface area contributed by atoms with E-state index in [1.165, 1.54) is 17.7 Å². The molecule has 1 amide bonds. The highest BCUT2D eigenvalue weighted by Crippen LogP contribution is 2.27. The first-order chi connectivity index (χ1) is 13.0. The lowest BCUT2D eigenvalue weighted by molar-refractivity contribution is 0.0940. The molecule has 0 saturated carbocycles. The second-order valence-electron chi connectivity index (χ2n) is 7.32. The maximum absolute atomic E-state index is 13.2. The fourth-order valence-corrected chi connectivity index (χ4v) is 3.81. The number of amides is 1. The third-order valence-corrected chi connectivity index (χ3v) is 5.55. The Bertz CT molecular complexity index is 991. The van der Waals surface area contributed by atoms with Gasteiger partial charge in [-0.15, -0.1) is 12.4 Å². The zero-order valence-corrected chi connectivity index (χ0v) is 16.9. The maximum Gasteiger partial charge on any atom is 0.251 e. The molecule has 0 bridgehead atoms. The minimum atomic E-state index is -0.225. The van der Waals surface area contributed by atoms with E-state index in [0.29, 0.717) is 12.1 Å². The fraction of sp³-hybridized carbons (Fsp3) is 0.318. The summed E-state index contributed by atoms with van der Waals surface area (Å²) in [5.74, 6) is -0.244. The van der Waals surface area contributed by atoms with Crippen molar-refractivity contribution in [2.24, 2.45) is 0 Å². The molecule has 148 valence electrons. The smallest absolute Gasteiger partial charge is 0.251 e. The molecule has 1 aromatic heterocycles. The molecule has 0 spiro atoms. The Balaban J connectivity index is 0.00000225. The van der Waals surface area contributed by atoms with Crippen molar-refractivity contribution < 1.29 is 9.18 Å². The van der Waals surface area contributed by atoms with Crippen molar-refractivity contribution in [2.75, 3.05) is 13.1 Å². The summed E-state index contributed by atoms with van der Waals surface area (Å²) in [6, 6.07) is 12.7. The number of carbonyl (C=O) groups is 1. The fourth-order valence-electron chi connectivity index (χ4n) is 3.81. The van der Waals surface area contributed by atoms with Gasteiger partial charge in [-0.25, -0.2) is 4.39 Å². The minimum absolute atomic E-state index is 0. The van der Waals surface area contributed by atoms with Gasteiger partial charge in [-0.05, 0) is 68.3 Å². The molecule has 1 saturated heterocycles. The summed E-state index contributed by atoms with van der Waals surface area (Å²) >= 11 is 0. The van der Waals surface area contributed by atoms with Crippen LogP contribution < -0.4 is 10.6 Å². The maximum atomic E-state index is 13.2. The van der Waals surface area contributed by atoms with Crippen LogP contribution in [0.3, 0.4) is 0 Å². The Labute approximate surface area is 170 Å². The van der Waals surface area contributed by atoms with Gasteiger partial charge in [0, 0.05) is 41.3 Å². The van der Waals surface area contributed by atoms with Crippen molar-refractivity contribution in [2.45, 2.75) is 32.9 Å². The normalized spacial score (nSPS) is 16.2. The monoisotopic (exact) mass is 401 g/mol. The van der Waals surface area contributed by atoms with Crippen LogP contribution in [0.25, 0.3) is 10.9 Å². The standard InChI is InChI=1S/C22H24FN3O.ClH/c1-14-15(2)26(13-16-3-6-18(23)7-4-16)21-8-5-17(11-20(14)21)22(27)25-19-9-10-24-12-19;/h3-8,11,19,24H,9-10,12-13H2,1-2H3,(H,25,27);1H. The quantitative estimate of drug-likeness (QED) is 0.695. The summed E-state index contributed by atoms with van der Waals surface area (Å²) in [7, 11) is 0. The molecular formula is C22H25ClFN3O. The zero-order chi connectivity index (χ0) is 19.0. The second kappa shape index (κ2) is 8.33. The summed E-state index contributed by atoms with van der Waals surface area (Å²) < 4.78 is 15.4. The summed E-state index contributed by atoms with van der Waals surface area (Å²) in [4.78, 5) is 12.6. The molecule has 1 aliphatic heterocycles. The first kappa shape index (κ1) is 20.4. The van der Waals surface area contributed by atoms with Crippen LogP contribution >= 0.6 is 12.4 Å². The topological polar surface area (TPSA) is 46.1 Å². The molecule has 4 nitrogen and oxygen atoms in total. The van der Waals surface area contributed by atoms with E-state index in [4.69, 9.17) is 0 Å². The molecule has 2 N–H and O–H groups in total. The highest BCUT2D eigenvalue weighted by Gasteiger charge is 2.19. The van der Waals surface area contributed by atoms with Crippen molar-refractivity contribution in [3.05, 3.63) is 70.7 Å². The molecule has 0 radical (unpaired) electrons. The highest BCUT2D eigenvalue weighted by atomic mass is 35.5. The largest absolute Gasteiger partial charge is 0.348 e. The Morgan fingerprint density at radius 3 is 2.64 bits per heavy atom. The van der Waals surface area contributed by atoms with Crippen molar-refractivity contribution in [3.8, 4) is 0 Å². The summed E-state index contributed by atoms with van der Waals surface area (Å²) in [6.45, 7) is 6.63. The van der Waals surface area contributed by atoms with E-state index < -0.39 is 0 Å². The van der Waals surface area contributed by atoms with E-state index >= 15 is 0 Å². The molecule has 2 aromatic carbocycles. The molecule has 1 atom stereocenters. The molecular weight excluding hydrogens is 377 g/mol. The predicted molar refractivity (Wildman–Crippen MR) is 113 cm³/mol. The third-order valence-electron chi connectivity index (χ3n) is 5.55. The van der Waals surface area contributed by atoms with E-state index in [9.17, 15) is 9.18 Å². The Hall–Kier alpha value is -2.37. The number of hydrogen-bond donors (Lipinski definition) is 2. The van der Waals surface area contributed by atoms with Gasteiger partial charge >= 0.3 is 0 Å². The van der Waals surface area contributed by atoms with Gasteiger partial charge in [0.05, 0.1) is 0 Å². The molecule has 0 aliphatic carbocycles. The predicted octanol–water partition coefficient (Wildman–Crippen LogP) is 3.96. The van der Waals surface area contributed by atoms with E-state index in [1.807, 2.05) is 30.3 Å². The first-order valence-corrected chi connectivity index (χ1v) is 9.38. The van der Waals surface area contributed by atoms with E-state index in [0.717, 1.165) is 41.7 Å². The average molecular weight is 402 g/mol. The third kappa shape index (κ3) is 3.91. The van der Waals surface area contributed by atoms with Gasteiger partial charge in [-0.2, -0.15) is 0 Å². The number of nitrogens with one attached hydrogen (secondary N) is 2. The van der Waals surface area contributed by atoms with Gasteiger partial charge in [0.25, 0.3) is 5.91 Å². The average Bonchev–Trinajstić information content (AvgIpc) is 3.26. The van der Waals surface area contributed by atoms with Crippen molar-refractivity contribution in [1.29, 1.82) is 0 Å². The van der Waals surface area contributed by atoms with Crippen LogP contribution in [0.5, 0.6) is 0 Å². The van der Waals surface area contributed by atoms with E-state index in [1.54, 1.807) is 0 Å². The van der Waals surface area contributed by atoms with Crippen LogP contribution in [0.15, 0.2) is 42.5 Å². The molecule has 1 fully saturated rings.